The molecule has 0 aromatic heterocycles. The standard InChI is InChI=1S/C17H18OS.3C4H9.Sn/c19-17(15-9-5-2-6-10-15)16(11-12-18-17)13-14-7-3-1-4-8-14;3*1-3-4-2;/h1-10,16,19H,11-13H2;3*1,3-4H2,2H3;/q;;;;+1/p-1. The molecule has 0 radical (unpaired) electrons. The van der Waals surface area contributed by atoms with Crippen LogP contribution >= 0.6 is 8.95 Å². The molecule has 1 fully saturated rings. The summed E-state index contributed by atoms with van der Waals surface area (Å²) in [5, 5.41) is 0. The third-order valence-electron chi connectivity index (χ3n) is 7.15. The van der Waals surface area contributed by atoms with Gasteiger partial charge in [-0.1, -0.05) is 0 Å². The van der Waals surface area contributed by atoms with Crippen molar-refractivity contribution in [2.24, 2.45) is 5.92 Å². The second-order valence-electron chi connectivity index (χ2n) is 9.65. The molecule has 2 unspecified atom stereocenters. The number of rotatable bonds is 14. The van der Waals surface area contributed by atoms with Crippen LogP contribution < -0.4 is 0 Å². The van der Waals surface area contributed by atoms with Crippen LogP contribution in [-0.2, 0) is 16.1 Å². The molecule has 0 aliphatic carbocycles. The second-order valence-corrected chi connectivity index (χ2v) is 29.1. The molecule has 0 N–H and O–H groups in total. The SMILES string of the molecule is CCC[CH2][Sn]([CH2]CCC)([CH2]CCC)[S]C1(c2ccccc2)OCCC1Cc1ccccc1. The van der Waals surface area contributed by atoms with Gasteiger partial charge >= 0.3 is 205 Å². The predicted molar refractivity (Wildman–Crippen MR) is 145 cm³/mol. The number of hydrogen-bond acceptors (Lipinski definition) is 2. The average Bonchev–Trinajstić information content (AvgIpc) is 3.23. The van der Waals surface area contributed by atoms with Crippen molar-refractivity contribution in [3.05, 3.63) is 71.8 Å². The van der Waals surface area contributed by atoms with Crippen molar-refractivity contribution in [2.45, 2.75) is 90.4 Å². The Hall–Kier alpha value is -0.451. The molecule has 1 aliphatic rings. The summed E-state index contributed by atoms with van der Waals surface area (Å²) in [4.78, 5) is -0.150. The molecule has 1 aliphatic heterocycles. The van der Waals surface area contributed by atoms with E-state index >= 15 is 0 Å². The molecule has 1 nitrogen and oxygen atoms in total. The topological polar surface area (TPSA) is 9.23 Å². The van der Waals surface area contributed by atoms with Crippen molar-refractivity contribution in [3.63, 3.8) is 0 Å². The molecule has 0 spiro atoms. The van der Waals surface area contributed by atoms with Crippen molar-refractivity contribution in [2.75, 3.05) is 6.61 Å². The van der Waals surface area contributed by atoms with Crippen LogP contribution in [0.4, 0.5) is 0 Å². The maximum atomic E-state index is 6.92. The van der Waals surface area contributed by atoms with Gasteiger partial charge in [-0.3, -0.25) is 0 Å². The molecule has 0 bridgehead atoms. The Morgan fingerprint density at radius 2 is 1.34 bits per heavy atom. The van der Waals surface area contributed by atoms with Crippen LogP contribution in [0.1, 0.15) is 76.8 Å². The number of benzene rings is 2. The summed E-state index contributed by atoms with van der Waals surface area (Å²) in [6, 6.07) is 22.4. The summed E-state index contributed by atoms with van der Waals surface area (Å²) in [6.45, 7) is 8.02. The fourth-order valence-electron chi connectivity index (χ4n) is 5.30. The van der Waals surface area contributed by atoms with Crippen molar-refractivity contribution in [3.8, 4) is 0 Å². The molecule has 0 saturated carbocycles. The van der Waals surface area contributed by atoms with Gasteiger partial charge in [-0.15, -0.1) is 0 Å². The van der Waals surface area contributed by atoms with Gasteiger partial charge in [0.1, 0.15) is 0 Å². The zero-order valence-electron chi connectivity index (χ0n) is 20.7. The molecule has 1 heterocycles. The van der Waals surface area contributed by atoms with E-state index in [2.05, 4.69) is 90.4 Å². The zero-order chi connectivity index (χ0) is 22.7. The predicted octanol–water partition coefficient (Wildman–Crippen LogP) is 9.20. The molecule has 2 aromatic rings. The van der Waals surface area contributed by atoms with E-state index in [0.29, 0.717) is 5.92 Å². The monoisotopic (exact) mass is 560 g/mol. The minimum atomic E-state index is -2.49. The molecule has 1 saturated heterocycles. The van der Waals surface area contributed by atoms with E-state index < -0.39 is 17.0 Å². The molecular weight excluding hydrogens is 515 g/mol. The van der Waals surface area contributed by atoms with Gasteiger partial charge in [0.05, 0.1) is 0 Å². The van der Waals surface area contributed by atoms with Gasteiger partial charge in [0.25, 0.3) is 0 Å². The number of hydrogen-bond donors (Lipinski definition) is 0. The van der Waals surface area contributed by atoms with Gasteiger partial charge in [-0.2, -0.15) is 0 Å². The van der Waals surface area contributed by atoms with Gasteiger partial charge in [-0.25, -0.2) is 0 Å². The van der Waals surface area contributed by atoms with Crippen LogP contribution in [-0.4, -0.2) is 23.6 Å². The Morgan fingerprint density at radius 1 is 0.812 bits per heavy atom. The molecular formula is C29H44OSSn. The Morgan fingerprint density at radius 3 is 1.88 bits per heavy atom. The van der Waals surface area contributed by atoms with Crippen LogP contribution in [0, 0.1) is 5.92 Å². The van der Waals surface area contributed by atoms with Crippen molar-refractivity contribution in [1.29, 1.82) is 0 Å². The van der Waals surface area contributed by atoms with Crippen molar-refractivity contribution >= 4 is 25.9 Å². The van der Waals surface area contributed by atoms with Gasteiger partial charge in [0.2, 0.25) is 0 Å². The minimum absolute atomic E-state index is 0.150. The molecule has 2 atom stereocenters. The Bertz CT molecular complexity index is 743. The fourth-order valence-corrected chi connectivity index (χ4v) is 31.7. The summed E-state index contributed by atoms with van der Waals surface area (Å²) >= 11 is -2.49. The number of ether oxygens (including phenoxy) is 1. The fraction of sp³-hybridized carbons (Fsp3) is 0.586. The van der Waals surface area contributed by atoms with Crippen LogP contribution in [0.3, 0.4) is 0 Å². The third kappa shape index (κ3) is 6.79. The van der Waals surface area contributed by atoms with Gasteiger partial charge < -0.3 is 0 Å². The van der Waals surface area contributed by atoms with E-state index in [0.717, 1.165) is 13.0 Å². The van der Waals surface area contributed by atoms with Crippen LogP contribution in [0.25, 0.3) is 0 Å². The normalized spacial score (nSPS) is 21.2. The van der Waals surface area contributed by atoms with Crippen LogP contribution in [0.2, 0.25) is 13.3 Å². The first-order valence-electron chi connectivity index (χ1n) is 13.1. The summed E-state index contributed by atoms with van der Waals surface area (Å²) in [6.07, 6.45) is 10.5. The van der Waals surface area contributed by atoms with E-state index in [1.165, 1.54) is 69.4 Å². The first-order valence-corrected chi connectivity index (χ1v) is 23.5. The summed E-state index contributed by atoms with van der Waals surface area (Å²) in [7, 11) is 2.44. The summed E-state index contributed by atoms with van der Waals surface area (Å²) < 4.78 is 11.5. The molecule has 32 heavy (non-hydrogen) atoms. The Labute approximate surface area is 204 Å². The van der Waals surface area contributed by atoms with E-state index in [9.17, 15) is 0 Å². The Kier molecular flexibility index (Phi) is 11.0. The third-order valence-corrected chi connectivity index (χ3v) is 29.8. The molecule has 3 rings (SSSR count). The van der Waals surface area contributed by atoms with E-state index in [-0.39, 0.29) is 4.93 Å². The van der Waals surface area contributed by atoms with E-state index in [1.54, 1.807) is 0 Å². The molecule has 176 valence electrons. The van der Waals surface area contributed by atoms with Crippen LogP contribution in [0.15, 0.2) is 60.7 Å². The molecule has 3 heteroatoms. The van der Waals surface area contributed by atoms with Crippen molar-refractivity contribution in [1.82, 2.24) is 0 Å². The van der Waals surface area contributed by atoms with Crippen molar-refractivity contribution < 1.29 is 4.74 Å². The maximum absolute atomic E-state index is 6.92. The quantitative estimate of drug-likeness (QED) is 0.214. The number of unbranched alkanes of at least 4 members (excludes halogenated alkanes) is 3. The van der Waals surface area contributed by atoms with Crippen LogP contribution in [0.5, 0.6) is 0 Å². The van der Waals surface area contributed by atoms with Gasteiger partial charge in [0.15, 0.2) is 0 Å². The summed E-state index contributed by atoms with van der Waals surface area (Å²) in [5.74, 6) is 0.554. The average molecular weight is 559 g/mol. The first kappa shape index (κ1) is 26.2. The molecule has 2 aromatic carbocycles. The van der Waals surface area contributed by atoms with Gasteiger partial charge in [-0.05, 0) is 0 Å². The Balaban J connectivity index is 2.00. The summed E-state index contributed by atoms with van der Waals surface area (Å²) in [5.41, 5.74) is 2.88. The first-order chi connectivity index (χ1) is 15.7. The zero-order valence-corrected chi connectivity index (χ0v) is 24.3. The van der Waals surface area contributed by atoms with Gasteiger partial charge in [0, 0.05) is 0 Å². The van der Waals surface area contributed by atoms with E-state index in [1.807, 2.05) is 0 Å². The van der Waals surface area contributed by atoms with E-state index in [4.69, 9.17) is 4.74 Å². The molecule has 0 amide bonds. The second kappa shape index (κ2) is 13.4.